The van der Waals surface area contributed by atoms with Crippen LogP contribution in [0.25, 0.3) is 0 Å². The molecule has 1 fully saturated rings. The van der Waals surface area contributed by atoms with Crippen LogP contribution in [0.1, 0.15) is 52.7 Å². The summed E-state index contributed by atoms with van der Waals surface area (Å²) in [4.78, 5) is 23.9. The lowest BCUT2D eigenvalue weighted by molar-refractivity contribution is 0.101. The van der Waals surface area contributed by atoms with E-state index >= 15 is 0 Å². The fourth-order valence-corrected chi connectivity index (χ4v) is 3.14. The molecule has 3 rings (SSSR count). The fourth-order valence-electron chi connectivity index (χ4n) is 3.14. The first-order valence-corrected chi connectivity index (χ1v) is 9.23. The zero-order chi connectivity index (χ0) is 20.4. The Morgan fingerprint density at radius 1 is 1.18 bits per heavy atom. The van der Waals surface area contributed by atoms with Crippen LogP contribution in [-0.4, -0.2) is 23.9 Å². The minimum atomic E-state index is -0.531. The Hall–Kier alpha value is -2.90. The number of amides is 2. The van der Waals surface area contributed by atoms with Crippen molar-refractivity contribution in [2.24, 2.45) is 11.7 Å². The molecule has 148 valence electrons. The standard InChI is InChI=1S/C21H26N4O3/c1-13-5-4-6-19(25(23)21(27)24(3)22)18(13)12-28-20-10-9-16(14(2)26)11-17(20)15-7-8-15/h4-6,9-11,15H,7-8,12,22-23H2,1-3H3. The van der Waals surface area contributed by atoms with E-state index in [1.807, 2.05) is 31.2 Å². The summed E-state index contributed by atoms with van der Waals surface area (Å²) in [6.07, 6.45) is 2.20. The first kappa shape index (κ1) is 19.9. The molecule has 4 N–H and O–H groups in total. The SMILES string of the molecule is CC(=O)c1ccc(OCc2c(C)cccc2N(N)C(=O)N(C)N)c(C2CC2)c1. The third-order valence-corrected chi connectivity index (χ3v) is 4.96. The number of carbonyl (C=O) groups is 2. The molecule has 28 heavy (non-hydrogen) atoms. The molecule has 2 amide bonds. The molecule has 7 nitrogen and oxygen atoms in total. The van der Waals surface area contributed by atoms with Crippen molar-refractivity contribution in [3.63, 3.8) is 0 Å². The Morgan fingerprint density at radius 3 is 2.50 bits per heavy atom. The number of nitrogens with two attached hydrogens (primary N) is 2. The number of rotatable bonds is 6. The number of benzene rings is 2. The minimum Gasteiger partial charge on any atom is -0.489 e. The second kappa shape index (κ2) is 8.00. The molecule has 0 heterocycles. The van der Waals surface area contributed by atoms with Gasteiger partial charge in [0.1, 0.15) is 12.4 Å². The topological polar surface area (TPSA) is 102 Å². The highest BCUT2D eigenvalue weighted by molar-refractivity contribution is 5.94. The lowest BCUT2D eigenvalue weighted by atomic mass is 10.0. The first-order chi connectivity index (χ1) is 13.3. The van der Waals surface area contributed by atoms with Gasteiger partial charge >= 0.3 is 6.03 Å². The van der Waals surface area contributed by atoms with Gasteiger partial charge in [-0.3, -0.25) is 9.80 Å². The summed E-state index contributed by atoms with van der Waals surface area (Å²) in [5.74, 6) is 12.7. The third-order valence-electron chi connectivity index (χ3n) is 4.96. The van der Waals surface area contributed by atoms with Crippen LogP contribution >= 0.6 is 0 Å². The summed E-state index contributed by atoms with van der Waals surface area (Å²) in [5.41, 5.74) is 4.04. The molecule has 0 saturated heterocycles. The summed E-state index contributed by atoms with van der Waals surface area (Å²) in [7, 11) is 1.44. The van der Waals surface area contributed by atoms with E-state index in [4.69, 9.17) is 16.4 Å². The maximum Gasteiger partial charge on any atom is 0.352 e. The first-order valence-electron chi connectivity index (χ1n) is 9.23. The number of anilines is 1. The Bertz CT molecular complexity index is 907. The van der Waals surface area contributed by atoms with Gasteiger partial charge in [-0.05, 0) is 68.0 Å². The molecule has 0 atom stereocenters. The van der Waals surface area contributed by atoms with E-state index in [9.17, 15) is 9.59 Å². The third kappa shape index (κ3) is 4.16. The van der Waals surface area contributed by atoms with Crippen LogP contribution in [0.3, 0.4) is 0 Å². The average molecular weight is 382 g/mol. The number of urea groups is 1. The highest BCUT2D eigenvalue weighted by atomic mass is 16.5. The van der Waals surface area contributed by atoms with Gasteiger partial charge in [-0.15, -0.1) is 0 Å². The Morgan fingerprint density at radius 2 is 1.89 bits per heavy atom. The number of hydrogen-bond acceptors (Lipinski definition) is 5. The van der Waals surface area contributed by atoms with Crippen molar-refractivity contribution in [3.05, 3.63) is 58.7 Å². The molecule has 2 aromatic carbocycles. The fraction of sp³-hybridized carbons (Fsp3) is 0.333. The number of ether oxygens (including phenoxy) is 1. The van der Waals surface area contributed by atoms with Gasteiger partial charge in [-0.25, -0.2) is 21.5 Å². The molecular weight excluding hydrogens is 356 g/mol. The van der Waals surface area contributed by atoms with Crippen LogP contribution in [0.15, 0.2) is 36.4 Å². The molecule has 0 radical (unpaired) electrons. The molecular formula is C21H26N4O3. The molecule has 2 aromatic rings. The van der Waals surface area contributed by atoms with E-state index in [2.05, 4.69) is 0 Å². The predicted molar refractivity (Wildman–Crippen MR) is 108 cm³/mol. The van der Waals surface area contributed by atoms with Crippen molar-refractivity contribution in [2.45, 2.75) is 39.2 Å². The summed E-state index contributed by atoms with van der Waals surface area (Å²) < 4.78 is 6.12. The number of hydrogen-bond donors (Lipinski definition) is 2. The van der Waals surface area contributed by atoms with Crippen LogP contribution in [-0.2, 0) is 6.61 Å². The Labute approximate surface area is 164 Å². The van der Waals surface area contributed by atoms with E-state index in [0.29, 0.717) is 17.2 Å². The van der Waals surface area contributed by atoms with E-state index < -0.39 is 6.03 Å². The molecule has 0 aromatic heterocycles. The van der Waals surface area contributed by atoms with Gasteiger partial charge in [0.25, 0.3) is 0 Å². The smallest absolute Gasteiger partial charge is 0.352 e. The van der Waals surface area contributed by atoms with Crippen LogP contribution < -0.4 is 21.4 Å². The number of hydrazine groups is 2. The van der Waals surface area contributed by atoms with Crippen molar-refractivity contribution in [2.75, 3.05) is 12.1 Å². The number of aryl methyl sites for hydroxylation is 1. The molecule has 0 bridgehead atoms. The largest absolute Gasteiger partial charge is 0.489 e. The van der Waals surface area contributed by atoms with Crippen LogP contribution in [0.5, 0.6) is 5.75 Å². The Balaban J connectivity index is 1.87. The Kier molecular flexibility index (Phi) is 5.67. The van der Waals surface area contributed by atoms with Gasteiger partial charge in [-0.1, -0.05) is 12.1 Å². The average Bonchev–Trinajstić information content (AvgIpc) is 3.50. The van der Waals surface area contributed by atoms with Gasteiger partial charge in [0.05, 0.1) is 5.69 Å². The van der Waals surface area contributed by atoms with Crippen molar-refractivity contribution in [1.29, 1.82) is 0 Å². The molecule has 0 unspecified atom stereocenters. The summed E-state index contributed by atoms with van der Waals surface area (Å²) >= 11 is 0. The lowest BCUT2D eigenvalue weighted by Gasteiger charge is -2.24. The normalized spacial score (nSPS) is 13.2. The van der Waals surface area contributed by atoms with Gasteiger partial charge in [0.15, 0.2) is 5.78 Å². The van der Waals surface area contributed by atoms with Crippen LogP contribution in [0.2, 0.25) is 0 Å². The maximum absolute atomic E-state index is 12.2. The molecule has 1 aliphatic rings. The minimum absolute atomic E-state index is 0.0397. The number of Topliss-reactive ketones (excluding diaryl/α,β-unsaturated/α-hetero) is 1. The molecule has 7 heteroatoms. The summed E-state index contributed by atoms with van der Waals surface area (Å²) in [6, 6.07) is 10.6. The van der Waals surface area contributed by atoms with Crippen molar-refractivity contribution >= 4 is 17.5 Å². The second-order valence-corrected chi connectivity index (χ2v) is 7.21. The van der Waals surface area contributed by atoms with E-state index in [1.165, 1.54) is 7.05 Å². The molecule has 0 aliphatic heterocycles. The van der Waals surface area contributed by atoms with Crippen LogP contribution in [0, 0.1) is 6.92 Å². The van der Waals surface area contributed by atoms with Gasteiger partial charge < -0.3 is 4.74 Å². The number of nitrogens with zero attached hydrogens (tertiary/aromatic N) is 2. The van der Waals surface area contributed by atoms with E-state index in [0.717, 1.165) is 45.3 Å². The monoisotopic (exact) mass is 382 g/mol. The molecule has 0 spiro atoms. The zero-order valence-corrected chi connectivity index (χ0v) is 16.4. The highest BCUT2D eigenvalue weighted by Crippen LogP contribution is 2.45. The van der Waals surface area contributed by atoms with Gasteiger partial charge in [-0.2, -0.15) is 0 Å². The van der Waals surface area contributed by atoms with Crippen molar-refractivity contribution < 1.29 is 14.3 Å². The quantitative estimate of drug-likeness (QED) is 0.346. The highest BCUT2D eigenvalue weighted by Gasteiger charge is 2.28. The van der Waals surface area contributed by atoms with E-state index in [1.54, 1.807) is 19.1 Å². The lowest BCUT2D eigenvalue weighted by Crippen LogP contribution is -2.49. The summed E-state index contributed by atoms with van der Waals surface area (Å²) in [5, 5.41) is 1.95. The van der Waals surface area contributed by atoms with E-state index in [-0.39, 0.29) is 12.4 Å². The van der Waals surface area contributed by atoms with Gasteiger partial charge in [0.2, 0.25) is 0 Å². The predicted octanol–water partition coefficient (Wildman–Crippen LogP) is 3.26. The molecule has 1 saturated carbocycles. The van der Waals surface area contributed by atoms with Crippen molar-refractivity contribution in [1.82, 2.24) is 5.01 Å². The summed E-state index contributed by atoms with van der Waals surface area (Å²) in [6.45, 7) is 3.75. The number of carbonyl (C=O) groups excluding carboxylic acids is 2. The van der Waals surface area contributed by atoms with Gasteiger partial charge in [0, 0.05) is 18.2 Å². The van der Waals surface area contributed by atoms with Crippen molar-refractivity contribution in [3.8, 4) is 5.75 Å². The molecule has 1 aliphatic carbocycles. The zero-order valence-electron chi connectivity index (χ0n) is 16.4. The van der Waals surface area contributed by atoms with Crippen LogP contribution in [0.4, 0.5) is 10.5 Å². The second-order valence-electron chi connectivity index (χ2n) is 7.21. The number of ketones is 1. The maximum atomic E-state index is 12.2.